The van der Waals surface area contributed by atoms with Gasteiger partial charge in [0.2, 0.25) is 0 Å². The highest BCUT2D eigenvalue weighted by atomic mass is 15.6. The van der Waals surface area contributed by atoms with Crippen molar-refractivity contribution < 1.29 is 0 Å². The van der Waals surface area contributed by atoms with Crippen LogP contribution in [0.15, 0.2) is 24.3 Å². The lowest BCUT2D eigenvalue weighted by Gasteiger charge is -1.98. The molecule has 0 N–H and O–H groups in total. The summed E-state index contributed by atoms with van der Waals surface area (Å²) >= 11 is 0. The summed E-state index contributed by atoms with van der Waals surface area (Å²) < 4.78 is 0. The minimum absolute atomic E-state index is 0.400. The third-order valence-electron chi connectivity index (χ3n) is 2.77. The molecule has 1 aliphatic rings. The second-order valence-electron chi connectivity index (χ2n) is 3.98. The molecule has 0 radical (unpaired) electrons. The summed E-state index contributed by atoms with van der Waals surface area (Å²) in [6, 6.07) is 8.01. The van der Waals surface area contributed by atoms with Gasteiger partial charge in [0.15, 0.2) is 0 Å². The number of benzene rings is 1. The van der Waals surface area contributed by atoms with Crippen molar-refractivity contribution in [1.29, 1.82) is 0 Å². The zero-order valence-corrected chi connectivity index (χ0v) is 8.80. The minimum Gasteiger partial charge on any atom is -0.276 e. The lowest BCUT2D eigenvalue weighted by atomic mass is 10.3. The Morgan fingerprint density at radius 3 is 2.53 bits per heavy atom. The van der Waals surface area contributed by atoms with Gasteiger partial charge in [0, 0.05) is 13.1 Å². The van der Waals surface area contributed by atoms with E-state index in [9.17, 15) is 0 Å². The Balaban J connectivity index is 1.87. The van der Waals surface area contributed by atoms with E-state index in [2.05, 4.69) is 22.0 Å². The van der Waals surface area contributed by atoms with Crippen LogP contribution in [0.4, 0.5) is 0 Å². The highest BCUT2D eigenvalue weighted by molar-refractivity contribution is 5.73. The van der Waals surface area contributed by atoms with E-state index >= 15 is 0 Å². The van der Waals surface area contributed by atoms with E-state index in [4.69, 9.17) is 0 Å². The van der Waals surface area contributed by atoms with Crippen LogP contribution in [0.1, 0.15) is 19.5 Å². The Kier molecular flexibility index (Phi) is 1.95. The van der Waals surface area contributed by atoms with E-state index in [0.29, 0.717) is 6.17 Å². The SMILES string of the molecule is CCCN1CC1n1nc2ccccc2n1. The van der Waals surface area contributed by atoms with Gasteiger partial charge >= 0.3 is 0 Å². The topological polar surface area (TPSA) is 33.7 Å². The lowest BCUT2D eigenvalue weighted by Crippen LogP contribution is -2.07. The molecular weight excluding hydrogens is 188 g/mol. The van der Waals surface area contributed by atoms with Crippen molar-refractivity contribution in [1.82, 2.24) is 19.9 Å². The fourth-order valence-electron chi connectivity index (χ4n) is 1.92. The standard InChI is InChI=1S/C11H14N4/c1-2-7-14-8-11(14)15-12-9-5-3-4-6-10(9)13-15/h3-6,11H,2,7-8H2,1H3. The Bertz CT molecular complexity index is 443. The van der Waals surface area contributed by atoms with Gasteiger partial charge in [-0.15, -0.1) is 0 Å². The highest BCUT2D eigenvalue weighted by Crippen LogP contribution is 2.28. The molecule has 3 rings (SSSR count). The molecule has 4 heteroatoms. The molecule has 0 saturated carbocycles. The zero-order chi connectivity index (χ0) is 10.3. The van der Waals surface area contributed by atoms with Crippen molar-refractivity contribution in [2.24, 2.45) is 0 Å². The third kappa shape index (κ3) is 1.51. The van der Waals surface area contributed by atoms with Crippen molar-refractivity contribution in [3.05, 3.63) is 24.3 Å². The Morgan fingerprint density at radius 1 is 1.27 bits per heavy atom. The molecule has 2 unspecified atom stereocenters. The van der Waals surface area contributed by atoms with Gasteiger partial charge in [-0.3, -0.25) is 4.90 Å². The smallest absolute Gasteiger partial charge is 0.137 e. The molecule has 1 aromatic carbocycles. The van der Waals surface area contributed by atoms with Crippen LogP contribution in [-0.2, 0) is 0 Å². The number of aromatic nitrogens is 3. The molecule has 1 aliphatic heterocycles. The average Bonchev–Trinajstić information content (AvgIpc) is 2.89. The van der Waals surface area contributed by atoms with Crippen LogP contribution in [0, 0.1) is 0 Å². The fourth-order valence-corrected chi connectivity index (χ4v) is 1.92. The first-order valence-electron chi connectivity index (χ1n) is 5.44. The number of hydrogen-bond donors (Lipinski definition) is 0. The van der Waals surface area contributed by atoms with Crippen molar-refractivity contribution in [2.45, 2.75) is 19.5 Å². The Hall–Kier alpha value is -1.42. The first kappa shape index (κ1) is 8.85. The summed E-state index contributed by atoms with van der Waals surface area (Å²) in [7, 11) is 0. The number of fused-ring (bicyclic) bond motifs is 1. The normalized spacial score (nSPS) is 24.6. The molecule has 15 heavy (non-hydrogen) atoms. The maximum atomic E-state index is 4.47. The van der Waals surface area contributed by atoms with E-state index in [-0.39, 0.29) is 0 Å². The van der Waals surface area contributed by atoms with E-state index in [0.717, 1.165) is 24.1 Å². The molecule has 78 valence electrons. The van der Waals surface area contributed by atoms with Crippen molar-refractivity contribution in [3.63, 3.8) is 0 Å². The molecule has 2 atom stereocenters. The molecule has 1 fully saturated rings. The van der Waals surface area contributed by atoms with Gasteiger partial charge in [-0.1, -0.05) is 19.1 Å². The monoisotopic (exact) mass is 202 g/mol. The van der Waals surface area contributed by atoms with Gasteiger partial charge in [-0.25, -0.2) is 0 Å². The van der Waals surface area contributed by atoms with E-state index in [1.807, 2.05) is 29.1 Å². The van der Waals surface area contributed by atoms with Gasteiger partial charge in [-0.05, 0) is 18.6 Å². The molecule has 4 nitrogen and oxygen atoms in total. The maximum Gasteiger partial charge on any atom is 0.137 e. The van der Waals surface area contributed by atoms with Crippen molar-refractivity contribution in [2.75, 3.05) is 13.1 Å². The Morgan fingerprint density at radius 2 is 1.93 bits per heavy atom. The first-order valence-corrected chi connectivity index (χ1v) is 5.44. The molecule has 2 heterocycles. The van der Waals surface area contributed by atoms with Gasteiger partial charge in [0.25, 0.3) is 0 Å². The van der Waals surface area contributed by atoms with Crippen molar-refractivity contribution >= 4 is 11.0 Å². The van der Waals surface area contributed by atoms with Crippen LogP contribution in [-0.4, -0.2) is 33.0 Å². The van der Waals surface area contributed by atoms with E-state index < -0.39 is 0 Å². The molecule has 0 bridgehead atoms. The molecular formula is C11H14N4. The second-order valence-corrected chi connectivity index (χ2v) is 3.98. The summed E-state index contributed by atoms with van der Waals surface area (Å²) in [6.45, 7) is 4.43. The zero-order valence-electron chi connectivity index (χ0n) is 8.80. The van der Waals surface area contributed by atoms with E-state index in [1.54, 1.807) is 0 Å². The predicted octanol–water partition coefficient (Wildman–Crippen LogP) is 1.66. The predicted molar refractivity (Wildman–Crippen MR) is 58.4 cm³/mol. The van der Waals surface area contributed by atoms with Gasteiger partial charge in [0.1, 0.15) is 17.2 Å². The number of nitrogens with zero attached hydrogens (tertiary/aromatic N) is 4. The van der Waals surface area contributed by atoms with Gasteiger partial charge < -0.3 is 0 Å². The van der Waals surface area contributed by atoms with Crippen LogP contribution in [0.2, 0.25) is 0 Å². The second kappa shape index (κ2) is 3.31. The molecule has 0 amide bonds. The third-order valence-corrected chi connectivity index (χ3v) is 2.77. The van der Waals surface area contributed by atoms with Crippen LogP contribution < -0.4 is 0 Å². The number of hydrogen-bond acceptors (Lipinski definition) is 3. The maximum absolute atomic E-state index is 4.47. The van der Waals surface area contributed by atoms with Gasteiger partial charge in [0.05, 0.1) is 0 Å². The summed E-state index contributed by atoms with van der Waals surface area (Å²) in [6.07, 6.45) is 1.59. The van der Waals surface area contributed by atoms with Gasteiger partial charge in [-0.2, -0.15) is 15.0 Å². The summed E-state index contributed by atoms with van der Waals surface area (Å²) in [5.41, 5.74) is 1.97. The average molecular weight is 202 g/mol. The summed E-state index contributed by atoms with van der Waals surface area (Å²) in [5, 5.41) is 8.94. The molecule has 2 aromatic rings. The summed E-state index contributed by atoms with van der Waals surface area (Å²) in [5.74, 6) is 0. The molecule has 1 aromatic heterocycles. The molecule has 0 spiro atoms. The quantitative estimate of drug-likeness (QED) is 0.710. The van der Waals surface area contributed by atoms with Crippen LogP contribution >= 0.6 is 0 Å². The van der Waals surface area contributed by atoms with E-state index in [1.165, 1.54) is 6.42 Å². The lowest BCUT2D eigenvalue weighted by molar-refractivity contribution is 0.401. The minimum atomic E-state index is 0.400. The van der Waals surface area contributed by atoms with Crippen LogP contribution in [0.25, 0.3) is 11.0 Å². The highest BCUT2D eigenvalue weighted by Gasteiger charge is 2.36. The Labute approximate surface area is 88.5 Å². The summed E-state index contributed by atoms with van der Waals surface area (Å²) in [4.78, 5) is 4.22. The van der Waals surface area contributed by atoms with Crippen LogP contribution in [0.3, 0.4) is 0 Å². The van der Waals surface area contributed by atoms with Crippen molar-refractivity contribution in [3.8, 4) is 0 Å². The molecule has 0 aliphatic carbocycles. The van der Waals surface area contributed by atoms with Crippen LogP contribution in [0.5, 0.6) is 0 Å². The molecule has 1 saturated heterocycles. The largest absolute Gasteiger partial charge is 0.276 e. The fraction of sp³-hybridized carbons (Fsp3) is 0.455. The number of rotatable bonds is 3. The first-order chi connectivity index (χ1) is 7.38.